The van der Waals surface area contributed by atoms with Crippen molar-refractivity contribution >= 4 is 5.91 Å². The molecule has 6 heteroatoms. The number of methoxy groups -OCH3 is 3. The molecule has 1 saturated heterocycles. The molecular weight excluding hydrogens is 320 g/mol. The van der Waals surface area contributed by atoms with E-state index in [2.05, 4.69) is 17.1 Å². The molecule has 1 heterocycles. The van der Waals surface area contributed by atoms with Gasteiger partial charge in [0.2, 0.25) is 5.91 Å². The van der Waals surface area contributed by atoms with E-state index >= 15 is 0 Å². The molecule has 2 rings (SSSR count). The molecule has 0 aromatic heterocycles. The van der Waals surface area contributed by atoms with Crippen LogP contribution in [0.25, 0.3) is 0 Å². The molecule has 1 aliphatic heterocycles. The highest BCUT2D eigenvalue weighted by Crippen LogP contribution is 2.34. The highest BCUT2D eigenvalue weighted by atomic mass is 16.5. The Hall–Kier alpha value is -1.95. The van der Waals surface area contributed by atoms with E-state index in [0.717, 1.165) is 18.5 Å². The van der Waals surface area contributed by atoms with Gasteiger partial charge < -0.3 is 19.5 Å². The molecule has 6 nitrogen and oxygen atoms in total. The number of piperidine rings is 1. The molecule has 0 spiro atoms. The third-order valence-electron chi connectivity index (χ3n) is 4.83. The Morgan fingerprint density at radius 1 is 1.12 bits per heavy atom. The van der Waals surface area contributed by atoms with Crippen molar-refractivity contribution in [2.24, 2.45) is 0 Å². The largest absolute Gasteiger partial charge is 0.496 e. The van der Waals surface area contributed by atoms with Gasteiger partial charge in [-0.2, -0.15) is 0 Å². The van der Waals surface area contributed by atoms with Gasteiger partial charge in [0.1, 0.15) is 5.75 Å². The highest BCUT2D eigenvalue weighted by Gasteiger charge is 2.22. The van der Waals surface area contributed by atoms with Crippen molar-refractivity contribution in [1.29, 1.82) is 0 Å². The summed E-state index contributed by atoms with van der Waals surface area (Å²) in [5.41, 5.74) is 0.860. The fraction of sp³-hybridized carbons (Fsp3) is 0.632. The van der Waals surface area contributed by atoms with Crippen molar-refractivity contribution in [2.45, 2.75) is 45.2 Å². The van der Waals surface area contributed by atoms with E-state index in [0.29, 0.717) is 36.4 Å². The maximum absolute atomic E-state index is 12.4. The fourth-order valence-corrected chi connectivity index (χ4v) is 3.40. The van der Waals surface area contributed by atoms with Crippen molar-refractivity contribution in [1.82, 2.24) is 10.2 Å². The van der Waals surface area contributed by atoms with Gasteiger partial charge in [-0.05, 0) is 31.9 Å². The van der Waals surface area contributed by atoms with Crippen molar-refractivity contribution in [2.75, 3.05) is 34.4 Å². The normalized spacial score (nSPS) is 17.8. The molecule has 1 aromatic rings. The third-order valence-corrected chi connectivity index (χ3v) is 4.83. The molecule has 1 amide bonds. The lowest BCUT2D eigenvalue weighted by molar-refractivity contribution is -0.123. The summed E-state index contributed by atoms with van der Waals surface area (Å²) >= 11 is 0. The van der Waals surface area contributed by atoms with Crippen LogP contribution in [0.3, 0.4) is 0 Å². The van der Waals surface area contributed by atoms with Crippen LogP contribution in [-0.4, -0.2) is 51.3 Å². The van der Waals surface area contributed by atoms with Crippen LogP contribution in [0.5, 0.6) is 17.2 Å². The number of likely N-dealkylation sites (tertiary alicyclic amines) is 1. The molecule has 1 fully saturated rings. The summed E-state index contributed by atoms with van der Waals surface area (Å²) < 4.78 is 16.0. The van der Waals surface area contributed by atoms with Crippen LogP contribution in [0.4, 0.5) is 0 Å². The number of hydrogen-bond donors (Lipinski definition) is 1. The van der Waals surface area contributed by atoms with Crippen molar-refractivity contribution < 1.29 is 19.0 Å². The average Bonchev–Trinajstić information content (AvgIpc) is 2.65. The van der Waals surface area contributed by atoms with E-state index in [1.807, 2.05) is 6.07 Å². The number of ether oxygens (including phenoxy) is 3. The molecule has 1 atom stereocenters. The Kier molecular flexibility index (Phi) is 7.37. The zero-order valence-electron chi connectivity index (χ0n) is 15.8. The standard InChI is InChI=1S/C19H30N2O4/c1-5-15-8-6-7-9-21(15)13-19(22)20-12-14-10-17(24-3)18(25-4)11-16(14)23-2/h10-11,15H,5-9,12-13H2,1-4H3,(H,20,22)/t15-/m1/s1. The maximum atomic E-state index is 12.4. The lowest BCUT2D eigenvalue weighted by Gasteiger charge is -2.34. The second kappa shape index (κ2) is 9.51. The number of nitrogens with one attached hydrogen (secondary N) is 1. The van der Waals surface area contributed by atoms with Gasteiger partial charge in [0.15, 0.2) is 11.5 Å². The Morgan fingerprint density at radius 3 is 2.44 bits per heavy atom. The molecule has 140 valence electrons. The Balaban J connectivity index is 1.98. The number of amides is 1. The van der Waals surface area contributed by atoms with Crippen LogP contribution in [0.1, 0.15) is 38.2 Å². The fourth-order valence-electron chi connectivity index (χ4n) is 3.40. The average molecular weight is 350 g/mol. The van der Waals surface area contributed by atoms with Crippen LogP contribution in [0.15, 0.2) is 12.1 Å². The number of rotatable bonds is 8. The summed E-state index contributed by atoms with van der Waals surface area (Å²) in [4.78, 5) is 14.7. The van der Waals surface area contributed by atoms with E-state index in [9.17, 15) is 4.79 Å². The van der Waals surface area contributed by atoms with Gasteiger partial charge in [-0.25, -0.2) is 0 Å². The topological polar surface area (TPSA) is 60.0 Å². The number of hydrogen-bond acceptors (Lipinski definition) is 5. The quantitative estimate of drug-likeness (QED) is 0.781. The molecule has 0 radical (unpaired) electrons. The molecule has 0 saturated carbocycles. The van der Waals surface area contributed by atoms with Gasteiger partial charge in [-0.3, -0.25) is 9.69 Å². The lowest BCUT2D eigenvalue weighted by atomic mass is 10.00. The van der Waals surface area contributed by atoms with Gasteiger partial charge >= 0.3 is 0 Å². The molecule has 1 aliphatic rings. The number of carbonyl (C=O) groups excluding carboxylic acids is 1. The summed E-state index contributed by atoms with van der Waals surface area (Å²) in [5.74, 6) is 1.93. The molecule has 0 aliphatic carbocycles. The number of carbonyl (C=O) groups is 1. The minimum atomic E-state index is 0.0391. The van der Waals surface area contributed by atoms with Crippen molar-refractivity contribution in [3.63, 3.8) is 0 Å². The van der Waals surface area contributed by atoms with Crippen LogP contribution in [0.2, 0.25) is 0 Å². The maximum Gasteiger partial charge on any atom is 0.234 e. The van der Waals surface area contributed by atoms with Gasteiger partial charge in [0.05, 0.1) is 27.9 Å². The first-order chi connectivity index (χ1) is 12.1. The van der Waals surface area contributed by atoms with E-state index in [1.165, 1.54) is 19.3 Å². The predicted octanol–water partition coefficient (Wildman–Crippen LogP) is 2.59. The van der Waals surface area contributed by atoms with E-state index < -0.39 is 0 Å². The molecule has 0 unspecified atom stereocenters. The van der Waals surface area contributed by atoms with E-state index in [1.54, 1.807) is 27.4 Å². The number of benzene rings is 1. The van der Waals surface area contributed by atoms with Crippen LogP contribution in [0, 0.1) is 0 Å². The first kappa shape index (κ1) is 19.4. The molecule has 25 heavy (non-hydrogen) atoms. The van der Waals surface area contributed by atoms with Gasteiger partial charge in [0, 0.05) is 24.2 Å². The van der Waals surface area contributed by atoms with Gasteiger partial charge in [-0.15, -0.1) is 0 Å². The molecular formula is C19H30N2O4. The SMILES string of the molecule is CC[C@@H]1CCCCN1CC(=O)NCc1cc(OC)c(OC)cc1OC. The zero-order chi connectivity index (χ0) is 18.2. The molecule has 1 N–H and O–H groups in total. The predicted molar refractivity (Wildman–Crippen MR) is 97.4 cm³/mol. The summed E-state index contributed by atoms with van der Waals surface area (Å²) in [6.45, 7) is 4.04. The monoisotopic (exact) mass is 350 g/mol. The van der Waals surface area contributed by atoms with Gasteiger partial charge in [0.25, 0.3) is 0 Å². The highest BCUT2D eigenvalue weighted by molar-refractivity contribution is 5.78. The van der Waals surface area contributed by atoms with Crippen molar-refractivity contribution in [3.8, 4) is 17.2 Å². The Bertz CT molecular complexity index is 577. The lowest BCUT2D eigenvalue weighted by Crippen LogP contribution is -2.45. The first-order valence-electron chi connectivity index (χ1n) is 8.92. The smallest absolute Gasteiger partial charge is 0.234 e. The van der Waals surface area contributed by atoms with Crippen molar-refractivity contribution in [3.05, 3.63) is 17.7 Å². The summed E-state index contributed by atoms with van der Waals surface area (Å²) in [7, 11) is 4.78. The second-order valence-electron chi connectivity index (χ2n) is 6.32. The summed E-state index contributed by atoms with van der Waals surface area (Å²) in [5, 5.41) is 3.00. The minimum Gasteiger partial charge on any atom is -0.496 e. The first-order valence-corrected chi connectivity index (χ1v) is 8.92. The Labute approximate surface area is 150 Å². The van der Waals surface area contributed by atoms with Gasteiger partial charge in [-0.1, -0.05) is 13.3 Å². The Morgan fingerprint density at radius 2 is 1.80 bits per heavy atom. The molecule has 1 aromatic carbocycles. The summed E-state index contributed by atoms with van der Waals surface area (Å²) in [6.07, 6.45) is 4.72. The third kappa shape index (κ3) is 5.01. The zero-order valence-corrected chi connectivity index (χ0v) is 15.8. The van der Waals surface area contributed by atoms with Crippen LogP contribution < -0.4 is 19.5 Å². The summed E-state index contributed by atoms with van der Waals surface area (Å²) in [6, 6.07) is 4.14. The molecule has 0 bridgehead atoms. The second-order valence-corrected chi connectivity index (χ2v) is 6.32. The van der Waals surface area contributed by atoms with E-state index in [-0.39, 0.29) is 5.91 Å². The number of nitrogens with zero attached hydrogens (tertiary/aromatic N) is 1. The van der Waals surface area contributed by atoms with E-state index in [4.69, 9.17) is 14.2 Å². The van der Waals surface area contributed by atoms with Crippen LogP contribution >= 0.6 is 0 Å². The minimum absolute atomic E-state index is 0.0391. The van der Waals surface area contributed by atoms with Crippen LogP contribution in [-0.2, 0) is 11.3 Å².